The van der Waals surface area contributed by atoms with E-state index in [9.17, 15) is 18.7 Å². The van der Waals surface area contributed by atoms with Crippen molar-refractivity contribution in [2.45, 2.75) is 19.3 Å². The normalized spacial score (nSPS) is 12.5. The Kier molecular flexibility index (Phi) is 4.48. The van der Waals surface area contributed by atoms with Gasteiger partial charge in [-0.2, -0.15) is 8.78 Å². The molecule has 3 aromatic rings. The van der Waals surface area contributed by atoms with Crippen LogP contribution in [0, 0.1) is 0 Å². The lowest BCUT2D eigenvalue weighted by Crippen LogP contribution is -2.23. The van der Waals surface area contributed by atoms with Gasteiger partial charge in [0.15, 0.2) is 0 Å². The summed E-state index contributed by atoms with van der Waals surface area (Å²) in [7, 11) is 0. The van der Waals surface area contributed by atoms with E-state index in [1.54, 1.807) is 6.07 Å². The topological polar surface area (TPSA) is 77.2 Å². The fourth-order valence-corrected chi connectivity index (χ4v) is 2.30. The third-order valence-corrected chi connectivity index (χ3v) is 3.49. The number of fused-ring (bicyclic) bond motifs is 1. The Hall–Kier alpha value is -2.87. The van der Waals surface area contributed by atoms with Gasteiger partial charge >= 0.3 is 6.61 Å². The van der Waals surface area contributed by atoms with Crippen LogP contribution in [0.5, 0.6) is 5.75 Å². The van der Waals surface area contributed by atoms with Gasteiger partial charge in [-0.25, -0.2) is 4.98 Å². The summed E-state index contributed by atoms with van der Waals surface area (Å²) in [6.45, 7) is -2.92. The van der Waals surface area contributed by atoms with Gasteiger partial charge in [-0.3, -0.25) is 14.3 Å². The highest BCUT2D eigenvalue weighted by Crippen LogP contribution is 2.20. The summed E-state index contributed by atoms with van der Waals surface area (Å²) >= 11 is 0. The molecule has 0 aliphatic heterocycles. The standard InChI is InChI=1S/C16H13F2N3O3/c17-16(18)24-11-3-1-10(2-4-11)14(22)8-21-9-20-13-7-19-6-5-12(13)15(21)23/h1-7,9,14,16,22H,8H2/t14-/m1/s1. The first-order valence-electron chi connectivity index (χ1n) is 7.06. The molecule has 6 nitrogen and oxygen atoms in total. The molecule has 0 radical (unpaired) electrons. The molecule has 2 heterocycles. The van der Waals surface area contributed by atoms with Crippen LogP contribution in [0.3, 0.4) is 0 Å². The Labute approximate surface area is 135 Å². The number of rotatable bonds is 5. The maximum atomic E-state index is 12.4. The number of pyridine rings is 1. The van der Waals surface area contributed by atoms with Crippen molar-refractivity contribution < 1.29 is 18.6 Å². The molecule has 0 fully saturated rings. The second-order valence-corrected chi connectivity index (χ2v) is 5.06. The van der Waals surface area contributed by atoms with E-state index in [-0.39, 0.29) is 17.9 Å². The monoisotopic (exact) mass is 333 g/mol. The van der Waals surface area contributed by atoms with Crippen LogP contribution in [-0.2, 0) is 6.54 Å². The molecular formula is C16H13F2N3O3. The molecule has 0 amide bonds. The molecule has 0 aliphatic rings. The van der Waals surface area contributed by atoms with Gasteiger partial charge in [0.2, 0.25) is 0 Å². The Balaban J connectivity index is 1.80. The zero-order chi connectivity index (χ0) is 17.1. The summed E-state index contributed by atoms with van der Waals surface area (Å²) in [5.41, 5.74) is 0.652. The molecule has 1 atom stereocenters. The van der Waals surface area contributed by atoms with Crippen molar-refractivity contribution in [3.05, 3.63) is 65.0 Å². The number of nitrogens with zero attached hydrogens (tertiary/aromatic N) is 3. The van der Waals surface area contributed by atoms with E-state index in [0.29, 0.717) is 16.5 Å². The molecule has 24 heavy (non-hydrogen) atoms. The molecule has 0 aliphatic carbocycles. The molecule has 124 valence electrons. The van der Waals surface area contributed by atoms with Gasteiger partial charge in [0.05, 0.1) is 36.1 Å². The number of halogens is 2. The first kappa shape index (κ1) is 16.0. The van der Waals surface area contributed by atoms with Crippen LogP contribution >= 0.6 is 0 Å². The predicted molar refractivity (Wildman–Crippen MR) is 81.8 cm³/mol. The SMILES string of the molecule is O=c1c2ccncc2ncn1C[C@@H](O)c1ccc(OC(F)F)cc1. The highest BCUT2D eigenvalue weighted by atomic mass is 19.3. The fourth-order valence-electron chi connectivity index (χ4n) is 2.30. The fraction of sp³-hybridized carbons (Fsp3) is 0.188. The van der Waals surface area contributed by atoms with Crippen LogP contribution in [0.25, 0.3) is 10.9 Å². The van der Waals surface area contributed by atoms with Gasteiger partial charge in [-0.15, -0.1) is 0 Å². The lowest BCUT2D eigenvalue weighted by Gasteiger charge is -2.14. The number of hydrogen-bond acceptors (Lipinski definition) is 5. The van der Waals surface area contributed by atoms with Crippen molar-refractivity contribution in [1.29, 1.82) is 0 Å². The van der Waals surface area contributed by atoms with Gasteiger partial charge in [-0.05, 0) is 23.8 Å². The first-order valence-corrected chi connectivity index (χ1v) is 7.06. The second kappa shape index (κ2) is 6.71. The number of aliphatic hydroxyl groups is 1. The smallest absolute Gasteiger partial charge is 0.387 e. The van der Waals surface area contributed by atoms with Crippen LogP contribution in [0.1, 0.15) is 11.7 Å². The van der Waals surface area contributed by atoms with E-state index in [4.69, 9.17) is 0 Å². The molecule has 0 spiro atoms. The Bertz CT molecular complexity index is 897. The molecule has 1 aromatic carbocycles. The van der Waals surface area contributed by atoms with Gasteiger partial charge in [-0.1, -0.05) is 12.1 Å². The molecule has 0 saturated heterocycles. The summed E-state index contributed by atoms with van der Waals surface area (Å²) in [5.74, 6) is -0.00186. The second-order valence-electron chi connectivity index (χ2n) is 5.06. The van der Waals surface area contributed by atoms with E-state index in [2.05, 4.69) is 14.7 Å². The Morgan fingerprint density at radius 2 is 1.96 bits per heavy atom. The minimum Gasteiger partial charge on any atom is -0.435 e. The van der Waals surface area contributed by atoms with Crippen molar-refractivity contribution in [1.82, 2.24) is 14.5 Å². The minimum atomic E-state index is -2.91. The van der Waals surface area contributed by atoms with Crippen LogP contribution in [-0.4, -0.2) is 26.3 Å². The average Bonchev–Trinajstić information content (AvgIpc) is 2.57. The zero-order valence-corrected chi connectivity index (χ0v) is 12.3. The van der Waals surface area contributed by atoms with Gasteiger partial charge < -0.3 is 9.84 Å². The van der Waals surface area contributed by atoms with Crippen molar-refractivity contribution in [2.24, 2.45) is 0 Å². The summed E-state index contributed by atoms with van der Waals surface area (Å²) in [4.78, 5) is 20.4. The third-order valence-electron chi connectivity index (χ3n) is 3.49. The van der Waals surface area contributed by atoms with Crippen LogP contribution in [0.15, 0.2) is 53.8 Å². The molecule has 8 heteroatoms. The van der Waals surface area contributed by atoms with Gasteiger partial charge in [0, 0.05) is 6.20 Å². The first-order chi connectivity index (χ1) is 11.5. The molecule has 2 aromatic heterocycles. The molecular weight excluding hydrogens is 320 g/mol. The van der Waals surface area contributed by atoms with Crippen molar-refractivity contribution in [3.63, 3.8) is 0 Å². The summed E-state index contributed by atoms with van der Waals surface area (Å²) in [6.07, 6.45) is 3.32. The largest absolute Gasteiger partial charge is 0.435 e. The van der Waals surface area contributed by atoms with Gasteiger partial charge in [0.25, 0.3) is 5.56 Å². The minimum absolute atomic E-state index is 0.00186. The van der Waals surface area contributed by atoms with Crippen molar-refractivity contribution in [2.75, 3.05) is 0 Å². The van der Waals surface area contributed by atoms with Crippen molar-refractivity contribution in [3.8, 4) is 5.75 Å². The summed E-state index contributed by atoms with van der Waals surface area (Å²) < 4.78 is 29.8. The molecule has 0 bridgehead atoms. The Morgan fingerprint density at radius 1 is 1.21 bits per heavy atom. The summed E-state index contributed by atoms with van der Waals surface area (Å²) in [6, 6.07) is 7.15. The van der Waals surface area contributed by atoms with E-state index in [1.807, 2.05) is 0 Å². The molecule has 3 rings (SSSR count). The molecule has 0 unspecified atom stereocenters. The van der Waals surface area contributed by atoms with E-state index in [0.717, 1.165) is 0 Å². The maximum Gasteiger partial charge on any atom is 0.387 e. The van der Waals surface area contributed by atoms with Crippen LogP contribution in [0.2, 0.25) is 0 Å². The Morgan fingerprint density at radius 3 is 2.67 bits per heavy atom. The quantitative estimate of drug-likeness (QED) is 0.774. The van der Waals surface area contributed by atoms with Crippen molar-refractivity contribution >= 4 is 10.9 Å². The highest BCUT2D eigenvalue weighted by Gasteiger charge is 2.12. The number of benzene rings is 1. The van der Waals surface area contributed by atoms with Crippen LogP contribution in [0.4, 0.5) is 8.78 Å². The number of ether oxygens (including phenoxy) is 1. The summed E-state index contributed by atoms with van der Waals surface area (Å²) in [5, 5.41) is 10.7. The average molecular weight is 333 g/mol. The number of aliphatic hydroxyl groups excluding tert-OH is 1. The van der Waals surface area contributed by atoms with Gasteiger partial charge in [0.1, 0.15) is 5.75 Å². The molecule has 0 saturated carbocycles. The lowest BCUT2D eigenvalue weighted by atomic mass is 10.1. The van der Waals surface area contributed by atoms with E-state index >= 15 is 0 Å². The van der Waals surface area contributed by atoms with Crippen LogP contribution < -0.4 is 10.3 Å². The predicted octanol–water partition coefficient (Wildman–Crippen LogP) is 2.13. The zero-order valence-electron chi connectivity index (χ0n) is 12.3. The maximum absolute atomic E-state index is 12.4. The van der Waals surface area contributed by atoms with E-state index < -0.39 is 12.7 Å². The number of hydrogen-bond donors (Lipinski definition) is 1. The van der Waals surface area contributed by atoms with E-state index in [1.165, 1.54) is 47.6 Å². The third kappa shape index (κ3) is 3.38. The number of aromatic nitrogens is 3. The lowest BCUT2D eigenvalue weighted by molar-refractivity contribution is -0.0498. The highest BCUT2D eigenvalue weighted by molar-refractivity contribution is 5.75. The number of alkyl halides is 2. The molecule has 1 N–H and O–H groups in total.